The van der Waals surface area contributed by atoms with E-state index in [0.717, 1.165) is 38.5 Å². The maximum Gasteiger partial charge on any atom is 0.192 e. The molecule has 6 heteroatoms. The van der Waals surface area contributed by atoms with E-state index in [4.69, 9.17) is 18.3 Å². The second kappa shape index (κ2) is 17.7. The van der Waals surface area contributed by atoms with Gasteiger partial charge in [0.25, 0.3) is 0 Å². The molecular weight excluding hydrogens is 529 g/mol. The lowest BCUT2D eigenvalue weighted by molar-refractivity contribution is -0.0488. The van der Waals surface area contributed by atoms with Crippen molar-refractivity contribution in [1.82, 2.24) is 0 Å². The average Bonchev–Trinajstić information content (AvgIpc) is 3.35. The molecule has 4 nitrogen and oxygen atoms in total. The highest BCUT2D eigenvalue weighted by molar-refractivity contribution is 6.74. The Morgan fingerprint density at radius 2 is 1.20 bits per heavy atom. The lowest BCUT2D eigenvalue weighted by atomic mass is 10.1. The molecule has 0 bridgehead atoms. The van der Waals surface area contributed by atoms with Crippen molar-refractivity contribution in [2.45, 2.75) is 142 Å². The molecule has 0 radical (unpaired) electrons. The summed E-state index contributed by atoms with van der Waals surface area (Å²) < 4.78 is 24.4. The third-order valence-electron chi connectivity index (χ3n) is 8.24. The van der Waals surface area contributed by atoms with Crippen LogP contribution in [0, 0.1) is 11.8 Å². The summed E-state index contributed by atoms with van der Waals surface area (Å²) in [6.07, 6.45) is 22.6. The summed E-state index contributed by atoms with van der Waals surface area (Å²) in [7, 11) is -3.60. The highest BCUT2D eigenvalue weighted by atomic mass is 28.4. The topological polar surface area (TPSA) is 36.9 Å². The SMILES string of the molecule is CC[C@H](/C=C/C=C\CC#CC/C=C\C=C\[C@H](CCCC1OCCO1)O[Si](C)(C)C(C)(C)C)O[Si](C)(C)C(C)(C)C. The van der Waals surface area contributed by atoms with E-state index in [1.165, 1.54) is 0 Å². The van der Waals surface area contributed by atoms with Gasteiger partial charge in [-0.1, -0.05) is 109 Å². The molecule has 1 fully saturated rings. The molecule has 1 aliphatic rings. The molecule has 0 spiro atoms. The van der Waals surface area contributed by atoms with E-state index in [2.05, 4.69) is 135 Å². The van der Waals surface area contributed by atoms with Crippen LogP contribution in [0.25, 0.3) is 0 Å². The summed E-state index contributed by atoms with van der Waals surface area (Å²) in [5.41, 5.74) is 0. The Kier molecular flexibility index (Phi) is 16.3. The molecule has 0 aromatic carbocycles. The molecular formula is C34H60O4Si2. The fraction of sp³-hybridized carbons (Fsp3) is 0.706. The quantitative estimate of drug-likeness (QED) is 0.108. The number of rotatable bonds is 15. The predicted octanol–water partition coefficient (Wildman–Crippen LogP) is 9.73. The fourth-order valence-corrected chi connectivity index (χ4v) is 6.22. The molecule has 0 unspecified atom stereocenters. The monoisotopic (exact) mass is 588 g/mol. The van der Waals surface area contributed by atoms with Gasteiger partial charge < -0.3 is 18.3 Å². The molecule has 2 atom stereocenters. The molecule has 0 aromatic rings. The molecule has 1 rings (SSSR count). The number of ether oxygens (including phenoxy) is 2. The van der Waals surface area contributed by atoms with E-state index in [9.17, 15) is 0 Å². The van der Waals surface area contributed by atoms with E-state index >= 15 is 0 Å². The minimum Gasteiger partial charge on any atom is -0.411 e. The van der Waals surface area contributed by atoms with Crippen LogP contribution in [0.15, 0.2) is 48.6 Å². The summed E-state index contributed by atoms with van der Waals surface area (Å²) >= 11 is 0. The molecule has 1 aliphatic heterocycles. The second-order valence-electron chi connectivity index (χ2n) is 13.7. The lowest BCUT2D eigenvalue weighted by Crippen LogP contribution is -2.43. The van der Waals surface area contributed by atoms with Crippen LogP contribution < -0.4 is 0 Å². The third kappa shape index (κ3) is 14.6. The van der Waals surface area contributed by atoms with Gasteiger partial charge in [-0.25, -0.2) is 0 Å². The zero-order valence-electron chi connectivity index (χ0n) is 27.6. The van der Waals surface area contributed by atoms with Crippen LogP contribution in [0.3, 0.4) is 0 Å². The second-order valence-corrected chi connectivity index (χ2v) is 23.2. The molecule has 40 heavy (non-hydrogen) atoms. The Labute approximate surface area is 249 Å². The van der Waals surface area contributed by atoms with Crippen molar-refractivity contribution in [3.05, 3.63) is 48.6 Å². The van der Waals surface area contributed by atoms with Crippen molar-refractivity contribution in [3.63, 3.8) is 0 Å². The number of allylic oxidation sites excluding steroid dienone is 6. The van der Waals surface area contributed by atoms with Crippen LogP contribution >= 0.6 is 0 Å². The zero-order chi connectivity index (χ0) is 30.3. The van der Waals surface area contributed by atoms with Gasteiger partial charge in [0, 0.05) is 12.8 Å². The largest absolute Gasteiger partial charge is 0.411 e. The summed E-state index contributed by atoms with van der Waals surface area (Å²) in [5.74, 6) is 6.47. The van der Waals surface area contributed by atoms with E-state index in [-0.39, 0.29) is 28.6 Å². The number of hydrogen-bond acceptors (Lipinski definition) is 4. The van der Waals surface area contributed by atoms with Gasteiger partial charge in [0.05, 0.1) is 25.4 Å². The molecule has 228 valence electrons. The van der Waals surface area contributed by atoms with E-state index in [1.54, 1.807) is 0 Å². The summed E-state index contributed by atoms with van der Waals surface area (Å²) in [5, 5.41) is 0.410. The van der Waals surface area contributed by atoms with Gasteiger partial charge in [-0.3, -0.25) is 0 Å². The summed E-state index contributed by atoms with van der Waals surface area (Å²) in [6.45, 7) is 26.6. The maximum atomic E-state index is 6.71. The molecule has 1 saturated heterocycles. The zero-order valence-corrected chi connectivity index (χ0v) is 29.6. The van der Waals surface area contributed by atoms with E-state index in [1.807, 2.05) is 0 Å². The predicted molar refractivity (Wildman–Crippen MR) is 178 cm³/mol. The first kappa shape index (κ1) is 36.8. The molecule has 0 saturated carbocycles. The van der Waals surface area contributed by atoms with Gasteiger partial charge in [-0.05, 0) is 61.9 Å². The van der Waals surface area contributed by atoms with Crippen molar-refractivity contribution >= 4 is 16.6 Å². The maximum absolute atomic E-state index is 6.71. The van der Waals surface area contributed by atoms with Gasteiger partial charge in [-0.15, -0.1) is 0 Å². The molecule has 0 amide bonds. The first-order valence-corrected chi connectivity index (χ1v) is 21.1. The van der Waals surface area contributed by atoms with Crippen LogP contribution in [-0.2, 0) is 18.3 Å². The smallest absolute Gasteiger partial charge is 0.192 e. The van der Waals surface area contributed by atoms with E-state index < -0.39 is 16.6 Å². The van der Waals surface area contributed by atoms with Crippen LogP contribution in [0.2, 0.25) is 36.3 Å². The number of hydrogen-bond donors (Lipinski definition) is 0. The van der Waals surface area contributed by atoms with Crippen molar-refractivity contribution in [2.24, 2.45) is 0 Å². The van der Waals surface area contributed by atoms with Gasteiger partial charge in [0.15, 0.2) is 22.9 Å². The van der Waals surface area contributed by atoms with Crippen molar-refractivity contribution in [3.8, 4) is 11.8 Å². The minimum absolute atomic E-state index is 0.0450. The standard InChI is InChI=1S/C34H60O4Si2/c1-12-30(37-39(8,9)33(2,3)4)24-21-19-17-15-13-14-16-18-20-22-25-31(38-40(10,11)34(5,6)7)26-23-27-32-35-28-29-36-32/h17-22,24-25,30-32H,12,15-16,23,26-29H2,1-11H3/b19-17-,20-18-,24-21+,25-22+/t30-,31-/m1/s1. The summed E-state index contributed by atoms with van der Waals surface area (Å²) in [6, 6.07) is 0. The van der Waals surface area contributed by atoms with Crippen LogP contribution in [0.1, 0.15) is 87.0 Å². The van der Waals surface area contributed by atoms with Crippen molar-refractivity contribution in [1.29, 1.82) is 0 Å². The van der Waals surface area contributed by atoms with Crippen LogP contribution in [-0.4, -0.2) is 48.3 Å². The molecule has 0 aromatic heterocycles. The normalized spacial score (nSPS) is 17.9. The molecule has 0 N–H and O–H groups in total. The molecule has 1 heterocycles. The Bertz CT molecular complexity index is 886. The van der Waals surface area contributed by atoms with Gasteiger partial charge in [0.2, 0.25) is 0 Å². The summed E-state index contributed by atoms with van der Waals surface area (Å²) in [4.78, 5) is 0. The van der Waals surface area contributed by atoms with Gasteiger partial charge in [-0.2, -0.15) is 0 Å². The fourth-order valence-electron chi connectivity index (χ4n) is 3.55. The van der Waals surface area contributed by atoms with Crippen molar-refractivity contribution in [2.75, 3.05) is 13.2 Å². The Hall–Kier alpha value is -1.21. The third-order valence-corrected chi connectivity index (χ3v) is 17.2. The first-order valence-electron chi connectivity index (χ1n) is 15.3. The van der Waals surface area contributed by atoms with Crippen LogP contribution in [0.4, 0.5) is 0 Å². The lowest BCUT2D eigenvalue weighted by Gasteiger charge is -2.38. The highest BCUT2D eigenvalue weighted by Gasteiger charge is 2.39. The Balaban J connectivity index is 2.50. The molecule has 0 aliphatic carbocycles. The Morgan fingerprint density at radius 1 is 0.750 bits per heavy atom. The minimum atomic E-state index is -1.85. The van der Waals surface area contributed by atoms with Crippen molar-refractivity contribution < 1.29 is 18.3 Å². The average molecular weight is 589 g/mol. The van der Waals surface area contributed by atoms with Crippen LogP contribution in [0.5, 0.6) is 0 Å². The highest BCUT2D eigenvalue weighted by Crippen LogP contribution is 2.38. The van der Waals surface area contributed by atoms with Gasteiger partial charge in [0.1, 0.15) is 0 Å². The first-order chi connectivity index (χ1) is 18.6. The van der Waals surface area contributed by atoms with E-state index in [0.29, 0.717) is 13.2 Å². The van der Waals surface area contributed by atoms with Gasteiger partial charge >= 0.3 is 0 Å². The Morgan fingerprint density at radius 3 is 1.65 bits per heavy atom.